The summed E-state index contributed by atoms with van der Waals surface area (Å²) in [5.74, 6) is 0.0970. The summed E-state index contributed by atoms with van der Waals surface area (Å²) < 4.78 is 5.48. The van der Waals surface area contributed by atoms with Crippen LogP contribution in [0.3, 0.4) is 0 Å². The van der Waals surface area contributed by atoms with Gasteiger partial charge in [0.2, 0.25) is 5.91 Å². The molecule has 144 valence electrons. The van der Waals surface area contributed by atoms with Gasteiger partial charge in [-0.05, 0) is 42.2 Å². The second kappa shape index (κ2) is 10.0. The Balaban J connectivity index is 1.31. The van der Waals surface area contributed by atoms with Crippen LogP contribution in [0.5, 0.6) is 0 Å². The van der Waals surface area contributed by atoms with Crippen molar-refractivity contribution >= 4 is 11.6 Å². The van der Waals surface area contributed by atoms with Gasteiger partial charge in [-0.3, -0.25) is 20.4 Å². The number of hydrogen-bond donors (Lipinski definition) is 3. The fourth-order valence-corrected chi connectivity index (χ4v) is 3.27. The fraction of sp³-hybridized carbons (Fsp3) is 0.400. The van der Waals surface area contributed by atoms with Crippen LogP contribution < -0.4 is 16.4 Å². The number of carbonyl (C=O) groups excluding carboxylic acids is 1. The first kappa shape index (κ1) is 19.3. The molecule has 1 unspecified atom stereocenters. The highest BCUT2D eigenvalue weighted by Crippen LogP contribution is 2.31. The van der Waals surface area contributed by atoms with Crippen molar-refractivity contribution in [2.24, 2.45) is 0 Å². The predicted octanol–water partition coefficient (Wildman–Crippen LogP) is 1.64. The number of pyridine rings is 1. The van der Waals surface area contributed by atoms with E-state index < -0.39 is 0 Å². The molecular weight excluding hydrogens is 342 g/mol. The molecule has 1 aromatic heterocycles. The van der Waals surface area contributed by atoms with Gasteiger partial charge < -0.3 is 15.4 Å². The lowest BCUT2D eigenvalue weighted by Crippen LogP contribution is -2.38. The van der Waals surface area contributed by atoms with Gasteiger partial charge in [0.1, 0.15) is 0 Å². The minimum atomic E-state index is 0.0970. The van der Waals surface area contributed by atoms with Crippen LogP contribution in [0.2, 0.25) is 0 Å². The maximum Gasteiger partial charge on any atom is 0.237 e. The molecule has 1 aliphatic rings. The maximum absolute atomic E-state index is 12.5. The number of anilines is 1. The average molecular weight is 369 g/mol. The van der Waals surface area contributed by atoms with Gasteiger partial charge in [0.15, 0.2) is 0 Å². The van der Waals surface area contributed by atoms with Crippen LogP contribution in [-0.4, -0.2) is 42.3 Å². The summed E-state index contributed by atoms with van der Waals surface area (Å²) >= 11 is 0. The quantitative estimate of drug-likeness (QED) is 0.354. The Kier molecular flexibility index (Phi) is 7.15. The summed E-state index contributed by atoms with van der Waals surface area (Å²) in [6.07, 6.45) is 5.62. The van der Waals surface area contributed by atoms with Gasteiger partial charge in [0, 0.05) is 31.2 Å². The van der Waals surface area contributed by atoms with Crippen LogP contribution >= 0.6 is 0 Å². The zero-order valence-corrected chi connectivity index (χ0v) is 15.4. The maximum atomic E-state index is 12.5. The monoisotopic (exact) mass is 369 g/mol. The van der Waals surface area contributed by atoms with Crippen molar-refractivity contribution in [2.45, 2.75) is 25.4 Å². The summed E-state index contributed by atoms with van der Waals surface area (Å²) in [7, 11) is 0. The Hall–Kier alpha value is -2.48. The summed E-state index contributed by atoms with van der Waals surface area (Å²) in [5.41, 5.74) is 8.67. The number of amides is 1. The lowest BCUT2D eigenvalue weighted by atomic mass is 10.1. The Morgan fingerprint density at radius 2 is 2.04 bits per heavy atom. The standard InChI is InChI=1S/C20H27N5O2/c21-18-7-5-16(6-8-18)11-23-14-27-15-24-13-20(26)25-10-2-4-19(25)17-3-1-9-22-12-17/h1,3,5-9,12,19,23-24H,2,4,10-11,13-15,21H2. The average Bonchev–Trinajstić information content (AvgIpc) is 3.19. The minimum absolute atomic E-state index is 0.0970. The molecule has 1 saturated heterocycles. The smallest absolute Gasteiger partial charge is 0.237 e. The van der Waals surface area contributed by atoms with E-state index in [0.717, 1.165) is 36.2 Å². The van der Waals surface area contributed by atoms with Gasteiger partial charge in [-0.2, -0.15) is 0 Å². The minimum Gasteiger partial charge on any atom is -0.399 e. The second-order valence-corrected chi connectivity index (χ2v) is 6.62. The zero-order chi connectivity index (χ0) is 18.9. The van der Waals surface area contributed by atoms with Crippen LogP contribution in [0.25, 0.3) is 0 Å². The number of carbonyl (C=O) groups is 1. The van der Waals surface area contributed by atoms with Crippen molar-refractivity contribution < 1.29 is 9.53 Å². The second-order valence-electron chi connectivity index (χ2n) is 6.62. The molecule has 0 bridgehead atoms. The summed E-state index contributed by atoms with van der Waals surface area (Å²) in [4.78, 5) is 18.6. The lowest BCUT2D eigenvalue weighted by molar-refractivity contribution is -0.131. The van der Waals surface area contributed by atoms with Crippen molar-refractivity contribution in [2.75, 3.05) is 32.3 Å². The Morgan fingerprint density at radius 3 is 2.81 bits per heavy atom. The number of benzene rings is 1. The van der Waals surface area contributed by atoms with Crippen molar-refractivity contribution in [3.05, 3.63) is 59.9 Å². The Morgan fingerprint density at radius 1 is 1.22 bits per heavy atom. The molecule has 1 aromatic carbocycles. The van der Waals surface area contributed by atoms with E-state index in [1.54, 1.807) is 6.20 Å². The molecule has 0 spiro atoms. The molecule has 2 aromatic rings. The molecule has 0 saturated carbocycles. The number of nitrogens with one attached hydrogen (secondary N) is 2. The van der Waals surface area contributed by atoms with Gasteiger partial charge in [-0.25, -0.2) is 0 Å². The van der Waals surface area contributed by atoms with E-state index in [4.69, 9.17) is 10.5 Å². The molecule has 1 aliphatic heterocycles. The van der Waals surface area contributed by atoms with E-state index in [1.807, 2.05) is 47.5 Å². The van der Waals surface area contributed by atoms with Gasteiger partial charge in [-0.1, -0.05) is 18.2 Å². The molecule has 0 aliphatic carbocycles. The number of nitrogen functional groups attached to an aromatic ring is 1. The van der Waals surface area contributed by atoms with Crippen LogP contribution in [0.1, 0.15) is 30.0 Å². The normalized spacial score (nSPS) is 16.6. The number of likely N-dealkylation sites (tertiary alicyclic amines) is 1. The third-order valence-electron chi connectivity index (χ3n) is 4.64. The number of hydrogen-bond acceptors (Lipinski definition) is 6. The molecule has 1 fully saturated rings. The molecule has 27 heavy (non-hydrogen) atoms. The van der Waals surface area contributed by atoms with Gasteiger partial charge >= 0.3 is 0 Å². The first-order valence-electron chi connectivity index (χ1n) is 9.27. The SMILES string of the molecule is Nc1ccc(CNCOCNCC(=O)N2CCCC2c2cccnc2)cc1. The highest BCUT2D eigenvalue weighted by Gasteiger charge is 2.29. The fourth-order valence-electron chi connectivity index (χ4n) is 3.27. The Labute approximate surface area is 159 Å². The Bertz CT molecular complexity index is 708. The molecule has 3 rings (SSSR count). The van der Waals surface area contributed by atoms with E-state index in [0.29, 0.717) is 20.0 Å². The van der Waals surface area contributed by atoms with Crippen molar-refractivity contribution in [1.82, 2.24) is 20.5 Å². The first-order valence-corrected chi connectivity index (χ1v) is 9.27. The summed E-state index contributed by atoms with van der Waals surface area (Å²) in [5, 5.41) is 6.24. The van der Waals surface area contributed by atoms with Gasteiger partial charge in [0.25, 0.3) is 0 Å². The predicted molar refractivity (Wildman–Crippen MR) is 104 cm³/mol. The molecule has 7 heteroatoms. The molecule has 4 N–H and O–H groups in total. The van der Waals surface area contributed by atoms with Crippen molar-refractivity contribution in [3.8, 4) is 0 Å². The van der Waals surface area contributed by atoms with E-state index in [2.05, 4.69) is 15.6 Å². The molecule has 2 heterocycles. The van der Waals surface area contributed by atoms with Crippen molar-refractivity contribution in [1.29, 1.82) is 0 Å². The van der Waals surface area contributed by atoms with Crippen LogP contribution in [0.4, 0.5) is 5.69 Å². The van der Waals surface area contributed by atoms with E-state index in [-0.39, 0.29) is 18.5 Å². The van der Waals surface area contributed by atoms with Crippen LogP contribution in [0.15, 0.2) is 48.8 Å². The number of rotatable bonds is 9. The van der Waals surface area contributed by atoms with E-state index in [1.165, 1.54) is 0 Å². The third-order valence-corrected chi connectivity index (χ3v) is 4.64. The lowest BCUT2D eigenvalue weighted by Gasteiger charge is -2.25. The van der Waals surface area contributed by atoms with E-state index >= 15 is 0 Å². The van der Waals surface area contributed by atoms with Crippen molar-refractivity contribution in [3.63, 3.8) is 0 Å². The highest BCUT2D eigenvalue weighted by atomic mass is 16.5. The van der Waals surface area contributed by atoms with Crippen LogP contribution in [0, 0.1) is 0 Å². The molecular formula is C20H27N5O2. The summed E-state index contributed by atoms with van der Waals surface area (Å²) in [6.45, 7) is 2.51. The molecule has 0 radical (unpaired) electrons. The zero-order valence-electron chi connectivity index (χ0n) is 15.4. The summed E-state index contributed by atoms with van der Waals surface area (Å²) in [6, 6.07) is 11.8. The van der Waals surface area contributed by atoms with Gasteiger partial charge in [-0.15, -0.1) is 0 Å². The molecule has 1 atom stereocenters. The van der Waals surface area contributed by atoms with Gasteiger partial charge in [0.05, 0.1) is 26.0 Å². The number of nitrogens with two attached hydrogens (primary N) is 1. The third kappa shape index (κ3) is 5.75. The molecule has 1 amide bonds. The van der Waals surface area contributed by atoms with Crippen LogP contribution in [-0.2, 0) is 16.1 Å². The van der Waals surface area contributed by atoms with E-state index in [9.17, 15) is 4.79 Å². The molecule has 7 nitrogen and oxygen atoms in total. The largest absolute Gasteiger partial charge is 0.399 e. The number of ether oxygens (including phenoxy) is 1. The number of aromatic nitrogens is 1. The first-order chi connectivity index (χ1) is 13.2. The highest BCUT2D eigenvalue weighted by molar-refractivity contribution is 5.79. The topological polar surface area (TPSA) is 92.5 Å². The number of nitrogens with zero attached hydrogens (tertiary/aromatic N) is 2.